The van der Waals surface area contributed by atoms with Crippen molar-refractivity contribution in [1.82, 2.24) is 4.90 Å². The first-order valence-electron chi connectivity index (χ1n) is 8.34. The molecule has 0 fully saturated rings. The molecule has 0 radical (unpaired) electrons. The zero-order chi connectivity index (χ0) is 19.5. The second-order valence-electron chi connectivity index (χ2n) is 6.01. The lowest BCUT2D eigenvalue weighted by Crippen LogP contribution is -2.32. The van der Waals surface area contributed by atoms with Gasteiger partial charge in [0.2, 0.25) is 0 Å². The molecule has 0 rings (SSSR count). The van der Waals surface area contributed by atoms with Crippen molar-refractivity contribution < 1.29 is 28.6 Å². The van der Waals surface area contributed by atoms with Gasteiger partial charge in [-0.15, -0.1) is 0 Å². The van der Waals surface area contributed by atoms with Crippen LogP contribution in [0.3, 0.4) is 0 Å². The summed E-state index contributed by atoms with van der Waals surface area (Å²) in [5.74, 6) is -0.915. The summed E-state index contributed by atoms with van der Waals surface area (Å²) in [5, 5.41) is 0. The molecule has 7 nitrogen and oxygen atoms in total. The van der Waals surface area contributed by atoms with Crippen molar-refractivity contribution in [2.24, 2.45) is 0 Å². The van der Waals surface area contributed by atoms with Crippen LogP contribution in [0.2, 0.25) is 0 Å². The summed E-state index contributed by atoms with van der Waals surface area (Å²) in [4.78, 5) is 37.2. The number of likely N-dealkylation sites (N-methyl/N-ethyl adjacent to an activating group) is 1. The molecule has 0 heterocycles. The van der Waals surface area contributed by atoms with Gasteiger partial charge in [0.1, 0.15) is 12.2 Å². The number of amides is 1. The van der Waals surface area contributed by atoms with Crippen molar-refractivity contribution in [3.8, 4) is 0 Å². The highest BCUT2D eigenvalue weighted by Gasteiger charge is 2.18. The maximum Gasteiger partial charge on any atom is 0.508 e. The molecule has 0 atom stereocenters. The molecule has 0 bridgehead atoms. The van der Waals surface area contributed by atoms with E-state index in [4.69, 9.17) is 9.47 Å². The lowest BCUT2D eigenvalue weighted by Gasteiger charge is -2.20. The average Bonchev–Trinajstić information content (AvgIpc) is 2.49. The second kappa shape index (κ2) is 11.3. The minimum atomic E-state index is -0.792. The predicted octanol–water partition coefficient (Wildman–Crippen LogP) is 2.85. The number of hydrogen-bond donors (Lipinski definition) is 0. The third-order valence-electron chi connectivity index (χ3n) is 2.83. The summed E-state index contributed by atoms with van der Waals surface area (Å²) < 4.78 is 14.6. The monoisotopic (exact) mass is 355 g/mol. The number of rotatable bonds is 8. The molecule has 0 aromatic heterocycles. The molecule has 0 aromatic carbocycles. The average molecular weight is 355 g/mol. The van der Waals surface area contributed by atoms with Crippen LogP contribution in [0.1, 0.15) is 41.5 Å². The van der Waals surface area contributed by atoms with Crippen LogP contribution in [0.15, 0.2) is 23.8 Å². The highest BCUT2D eigenvalue weighted by atomic mass is 16.7. The van der Waals surface area contributed by atoms with Crippen molar-refractivity contribution in [1.29, 1.82) is 0 Å². The number of esters is 1. The van der Waals surface area contributed by atoms with E-state index in [1.165, 1.54) is 12.2 Å². The van der Waals surface area contributed by atoms with Crippen LogP contribution in [0.25, 0.3) is 0 Å². The number of hydrogen-bond acceptors (Lipinski definition) is 6. The van der Waals surface area contributed by atoms with Crippen molar-refractivity contribution in [3.63, 3.8) is 0 Å². The molecule has 0 aliphatic rings. The zero-order valence-corrected chi connectivity index (χ0v) is 16.0. The fourth-order valence-corrected chi connectivity index (χ4v) is 1.78. The summed E-state index contributed by atoms with van der Waals surface area (Å²) >= 11 is 0. The minimum Gasteiger partial charge on any atom is -0.457 e. The maximum atomic E-state index is 12.5. The van der Waals surface area contributed by atoms with Gasteiger partial charge in [0.05, 0.1) is 6.61 Å². The fraction of sp³-hybridized carbons (Fsp3) is 0.611. The Bertz CT molecular complexity index is 512. The Balaban J connectivity index is 5.16. The first-order valence-corrected chi connectivity index (χ1v) is 8.34. The fourth-order valence-electron chi connectivity index (χ4n) is 1.78. The van der Waals surface area contributed by atoms with E-state index in [1.54, 1.807) is 32.6 Å². The van der Waals surface area contributed by atoms with Crippen molar-refractivity contribution in [2.75, 3.05) is 26.3 Å². The Kier molecular flexibility index (Phi) is 10.2. The summed E-state index contributed by atoms with van der Waals surface area (Å²) in [5.41, 5.74) is -0.501. The molecule has 0 N–H and O–H groups in total. The molecule has 0 aliphatic heterocycles. The van der Waals surface area contributed by atoms with Crippen molar-refractivity contribution in [2.45, 2.75) is 47.1 Å². The van der Waals surface area contributed by atoms with E-state index >= 15 is 0 Å². The van der Waals surface area contributed by atoms with E-state index in [0.717, 1.165) is 6.08 Å². The first kappa shape index (κ1) is 22.7. The summed E-state index contributed by atoms with van der Waals surface area (Å²) in [6.07, 6.45) is 3.25. The third kappa shape index (κ3) is 10.2. The summed E-state index contributed by atoms with van der Waals surface area (Å²) in [6, 6.07) is 0. The Morgan fingerprint density at radius 3 is 2.08 bits per heavy atom. The van der Waals surface area contributed by atoms with E-state index in [0.29, 0.717) is 13.1 Å². The molecule has 1 amide bonds. The summed E-state index contributed by atoms with van der Waals surface area (Å²) in [7, 11) is 0. The van der Waals surface area contributed by atoms with E-state index in [-0.39, 0.29) is 24.7 Å². The van der Waals surface area contributed by atoms with Gasteiger partial charge in [-0.25, -0.2) is 9.59 Å². The van der Waals surface area contributed by atoms with Crippen LogP contribution in [0.4, 0.5) is 4.79 Å². The zero-order valence-electron chi connectivity index (χ0n) is 16.0. The van der Waals surface area contributed by atoms with Crippen LogP contribution in [-0.2, 0) is 23.8 Å². The topological polar surface area (TPSA) is 82.1 Å². The minimum absolute atomic E-state index is 0.0734. The maximum absolute atomic E-state index is 12.5. The largest absolute Gasteiger partial charge is 0.508 e. The van der Waals surface area contributed by atoms with Gasteiger partial charge in [0.25, 0.3) is 5.91 Å². The van der Waals surface area contributed by atoms with Gasteiger partial charge in [0.15, 0.2) is 0 Å². The van der Waals surface area contributed by atoms with Crippen LogP contribution in [0, 0.1) is 0 Å². The smallest absolute Gasteiger partial charge is 0.457 e. The van der Waals surface area contributed by atoms with Gasteiger partial charge in [-0.2, -0.15) is 0 Å². The van der Waals surface area contributed by atoms with Gasteiger partial charge in [-0.1, -0.05) is 0 Å². The molecule has 0 unspecified atom stereocenters. The Labute approximate surface area is 149 Å². The quantitative estimate of drug-likeness (QED) is 0.378. The Hall–Kier alpha value is -2.31. The molecule has 0 aliphatic carbocycles. The van der Waals surface area contributed by atoms with Crippen molar-refractivity contribution >= 4 is 18.0 Å². The molecule has 0 saturated carbocycles. The standard InChI is InChI=1S/C18H29NO6/c1-7-19(8-2)16(21)14(13-15(20)25-18(4,5)6)11-10-12-24-17(22)23-9-3/h10-11,13H,7-9,12H2,1-6H3/b11-10+,14-13-. The van der Waals surface area contributed by atoms with E-state index in [9.17, 15) is 14.4 Å². The van der Waals surface area contributed by atoms with E-state index in [1.807, 2.05) is 13.8 Å². The molecule has 142 valence electrons. The van der Waals surface area contributed by atoms with E-state index in [2.05, 4.69) is 4.74 Å². The second-order valence-corrected chi connectivity index (χ2v) is 6.01. The van der Waals surface area contributed by atoms with Crippen LogP contribution >= 0.6 is 0 Å². The lowest BCUT2D eigenvalue weighted by atomic mass is 10.1. The predicted molar refractivity (Wildman–Crippen MR) is 94.0 cm³/mol. The lowest BCUT2D eigenvalue weighted by molar-refractivity contribution is -0.148. The molecular weight excluding hydrogens is 326 g/mol. The van der Waals surface area contributed by atoms with Gasteiger partial charge >= 0.3 is 12.1 Å². The molecular formula is C18H29NO6. The van der Waals surface area contributed by atoms with Crippen molar-refractivity contribution in [3.05, 3.63) is 23.8 Å². The molecule has 0 spiro atoms. The van der Waals surface area contributed by atoms with Gasteiger partial charge in [-0.05, 0) is 53.7 Å². The number of carbonyl (C=O) groups is 3. The highest BCUT2D eigenvalue weighted by Crippen LogP contribution is 2.10. The normalized spacial score (nSPS) is 12.0. The Morgan fingerprint density at radius 2 is 1.60 bits per heavy atom. The number of ether oxygens (including phenoxy) is 3. The van der Waals surface area contributed by atoms with Crippen LogP contribution < -0.4 is 0 Å². The third-order valence-corrected chi connectivity index (χ3v) is 2.83. The summed E-state index contributed by atoms with van der Waals surface area (Å²) in [6.45, 7) is 11.8. The van der Waals surface area contributed by atoms with Gasteiger partial charge in [-0.3, -0.25) is 4.79 Å². The van der Waals surface area contributed by atoms with E-state index < -0.39 is 17.7 Å². The Morgan fingerprint density at radius 1 is 1.00 bits per heavy atom. The van der Waals surface area contributed by atoms with Crippen LogP contribution in [0.5, 0.6) is 0 Å². The van der Waals surface area contributed by atoms with Gasteiger partial charge in [0, 0.05) is 24.7 Å². The molecule has 0 saturated heterocycles. The number of carbonyl (C=O) groups excluding carboxylic acids is 3. The number of nitrogens with zero attached hydrogens (tertiary/aromatic N) is 1. The highest BCUT2D eigenvalue weighted by molar-refractivity contribution is 6.01. The molecule has 7 heteroatoms. The SMILES string of the molecule is CCOC(=O)OC/C=C/C(=C/C(=O)OC(C)(C)C)C(=O)N(CC)CC. The first-order chi connectivity index (χ1) is 11.6. The van der Waals surface area contributed by atoms with Gasteiger partial charge < -0.3 is 19.1 Å². The molecule has 25 heavy (non-hydrogen) atoms. The van der Waals surface area contributed by atoms with Crippen LogP contribution in [-0.4, -0.2) is 54.8 Å². The molecule has 0 aromatic rings.